The number of Topliss-reactive ketones (excluding diaryl/α,β-unsaturated/α-hetero) is 1. The van der Waals surface area contributed by atoms with Crippen LogP contribution in [-0.2, 0) is 6.42 Å². The Hall–Kier alpha value is -3.61. The fourth-order valence-electron chi connectivity index (χ4n) is 4.39. The van der Waals surface area contributed by atoms with Gasteiger partial charge in [-0.3, -0.25) is 9.78 Å². The number of para-hydroxylation sites is 2. The van der Waals surface area contributed by atoms with Gasteiger partial charge >= 0.3 is 0 Å². The molecule has 0 fully saturated rings. The van der Waals surface area contributed by atoms with Crippen LogP contribution in [0.1, 0.15) is 46.3 Å². The predicted octanol–water partition coefficient (Wildman–Crippen LogP) is 3.96. The second-order valence-electron chi connectivity index (χ2n) is 8.17. The molecular weight excluding hydrogens is 400 g/mol. The van der Waals surface area contributed by atoms with Gasteiger partial charge in [0.2, 0.25) is 0 Å². The van der Waals surface area contributed by atoms with E-state index in [2.05, 4.69) is 9.97 Å². The maximum Gasteiger partial charge on any atom is 0.185 e. The summed E-state index contributed by atoms with van der Waals surface area (Å²) in [5.74, 6) is -0.0595. The molecule has 6 nitrogen and oxygen atoms in total. The summed E-state index contributed by atoms with van der Waals surface area (Å²) in [7, 11) is 0. The van der Waals surface area contributed by atoms with Crippen LogP contribution in [0.3, 0.4) is 0 Å². The molecule has 4 aromatic rings. The van der Waals surface area contributed by atoms with E-state index in [1.54, 1.807) is 6.08 Å². The number of anilines is 1. The highest BCUT2D eigenvalue weighted by atomic mass is 16.3. The van der Waals surface area contributed by atoms with Crippen molar-refractivity contribution in [2.45, 2.75) is 31.4 Å². The zero-order chi connectivity index (χ0) is 22.2. The summed E-state index contributed by atoms with van der Waals surface area (Å²) in [5.41, 5.74) is 17.5. The number of hydrogen-bond donors (Lipinski definition) is 3. The Bertz CT molecular complexity index is 1380. The topological polar surface area (TPSA) is 115 Å². The molecule has 2 unspecified atom stereocenters. The Morgan fingerprint density at radius 3 is 2.59 bits per heavy atom. The first-order chi connectivity index (χ1) is 15.5. The van der Waals surface area contributed by atoms with Gasteiger partial charge < -0.3 is 16.6 Å². The average molecular weight is 425 g/mol. The first-order valence-electron chi connectivity index (χ1n) is 10.8. The number of pyridine rings is 2. The van der Waals surface area contributed by atoms with Gasteiger partial charge in [0.15, 0.2) is 5.78 Å². The second kappa shape index (κ2) is 8.15. The third kappa shape index (κ3) is 3.53. The van der Waals surface area contributed by atoms with Crippen molar-refractivity contribution in [1.29, 1.82) is 0 Å². The molecule has 2 atom stereocenters. The normalized spacial score (nSPS) is 19.2. The van der Waals surface area contributed by atoms with Crippen LogP contribution >= 0.6 is 0 Å². The SMILES string of the molecule is NC1C=Cc2nc3ccccc3cc2C1=O.Nc1c2c(nc3ccccc13)CCCC2O. The van der Waals surface area contributed by atoms with Crippen molar-refractivity contribution in [3.8, 4) is 0 Å². The van der Waals surface area contributed by atoms with Crippen molar-refractivity contribution >= 4 is 39.4 Å². The van der Waals surface area contributed by atoms with Gasteiger partial charge in [-0.05, 0) is 43.5 Å². The summed E-state index contributed by atoms with van der Waals surface area (Å²) >= 11 is 0. The van der Waals surface area contributed by atoms with Crippen LogP contribution < -0.4 is 11.5 Å². The molecule has 2 aliphatic carbocycles. The van der Waals surface area contributed by atoms with Crippen LogP contribution in [0.25, 0.3) is 27.9 Å². The summed E-state index contributed by atoms with van der Waals surface area (Å²) in [4.78, 5) is 20.9. The smallest absolute Gasteiger partial charge is 0.185 e. The largest absolute Gasteiger partial charge is 0.398 e. The minimum Gasteiger partial charge on any atom is -0.398 e. The summed E-state index contributed by atoms with van der Waals surface area (Å²) in [6.45, 7) is 0. The summed E-state index contributed by atoms with van der Waals surface area (Å²) < 4.78 is 0. The average Bonchev–Trinajstić information content (AvgIpc) is 2.81. The number of aliphatic hydroxyl groups excluding tert-OH is 1. The number of ketones is 1. The van der Waals surface area contributed by atoms with Crippen LogP contribution in [0.15, 0.2) is 60.7 Å². The van der Waals surface area contributed by atoms with Crippen molar-refractivity contribution < 1.29 is 9.90 Å². The van der Waals surface area contributed by atoms with E-state index in [9.17, 15) is 9.90 Å². The Balaban J connectivity index is 0.000000135. The Labute approximate surface area is 185 Å². The molecule has 0 aliphatic heterocycles. The summed E-state index contributed by atoms with van der Waals surface area (Å²) in [6, 6.07) is 16.9. The predicted molar refractivity (Wildman–Crippen MR) is 127 cm³/mol. The van der Waals surface area contributed by atoms with Crippen LogP contribution in [0.4, 0.5) is 5.69 Å². The van der Waals surface area contributed by atoms with E-state index in [-0.39, 0.29) is 5.78 Å². The zero-order valence-corrected chi connectivity index (χ0v) is 17.5. The van der Waals surface area contributed by atoms with Gasteiger partial charge in [0.05, 0.1) is 28.9 Å². The number of nitrogens with two attached hydrogens (primary N) is 2. The molecule has 160 valence electrons. The molecule has 5 N–H and O–H groups in total. The number of fused-ring (bicyclic) bond motifs is 4. The minimum absolute atomic E-state index is 0.0595. The van der Waals surface area contributed by atoms with Gasteiger partial charge in [0, 0.05) is 33.3 Å². The number of nitrogen functional groups attached to an aromatic ring is 1. The van der Waals surface area contributed by atoms with Crippen molar-refractivity contribution in [2.24, 2.45) is 5.73 Å². The molecule has 0 bridgehead atoms. The fourth-order valence-corrected chi connectivity index (χ4v) is 4.39. The number of aliphatic hydroxyl groups is 1. The first-order valence-corrected chi connectivity index (χ1v) is 10.8. The number of benzene rings is 2. The number of carbonyl (C=O) groups excluding carboxylic acids is 1. The highest BCUT2D eigenvalue weighted by Gasteiger charge is 2.23. The summed E-state index contributed by atoms with van der Waals surface area (Å²) in [5, 5.41) is 11.9. The van der Waals surface area contributed by atoms with Crippen molar-refractivity contribution in [3.05, 3.63) is 83.2 Å². The molecule has 2 aliphatic rings. The molecule has 2 aromatic heterocycles. The third-order valence-electron chi connectivity index (χ3n) is 6.06. The van der Waals surface area contributed by atoms with E-state index in [4.69, 9.17) is 11.5 Å². The lowest BCUT2D eigenvalue weighted by molar-refractivity contribution is 0.0976. The van der Waals surface area contributed by atoms with Crippen LogP contribution in [0.5, 0.6) is 0 Å². The van der Waals surface area contributed by atoms with Gasteiger partial charge in [-0.25, -0.2) is 4.98 Å². The van der Waals surface area contributed by atoms with Crippen LogP contribution in [-0.4, -0.2) is 26.9 Å². The molecule has 0 radical (unpaired) electrons. The van der Waals surface area contributed by atoms with E-state index >= 15 is 0 Å². The van der Waals surface area contributed by atoms with Gasteiger partial charge in [-0.2, -0.15) is 0 Å². The number of nitrogens with zero attached hydrogens (tertiary/aromatic N) is 2. The Kier molecular flexibility index (Phi) is 5.17. The number of rotatable bonds is 0. The van der Waals surface area contributed by atoms with Crippen LogP contribution in [0, 0.1) is 0 Å². The minimum atomic E-state index is -0.532. The molecule has 2 heterocycles. The lowest BCUT2D eigenvalue weighted by Crippen LogP contribution is -2.31. The Morgan fingerprint density at radius 1 is 1.00 bits per heavy atom. The molecule has 2 aromatic carbocycles. The monoisotopic (exact) mass is 424 g/mol. The van der Waals surface area contributed by atoms with Crippen molar-refractivity contribution in [2.75, 3.05) is 5.73 Å². The second-order valence-corrected chi connectivity index (χ2v) is 8.17. The molecule has 0 saturated heterocycles. The number of hydrogen-bond acceptors (Lipinski definition) is 6. The quantitative estimate of drug-likeness (QED) is 0.394. The summed E-state index contributed by atoms with van der Waals surface area (Å²) in [6.07, 6.45) is 5.75. The fraction of sp³-hybridized carbons (Fsp3) is 0.192. The van der Waals surface area contributed by atoms with Gasteiger partial charge in [0.25, 0.3) is 0 Å². The van der Waals surface area contributed by atoms with E-state index in [1.165, 1.54) is 0 Å². The molecule has 6 rings (SSSR count). The zero-order valence-electron chi connectivity index (χ0n) is 17.5. The van der Waals surface area contributed by atoms with Crippen molar-refractivity contribution in [1.82, 2.24) is 9.97 Å². The Morgan fingerprint density at radius 2 is 1.75 bits per heavy atom. The molecule has 0 spiro atoms. The highest BCUT2D eigenvalue weighted by molar-refractivity contribution is 6.08. The van der Waals surface area contributed by atoms with Crippen molar-refractivity contribution in [3.63, 3.8) is 0 Å². The lowest BCUT2D eigenvalue weighted by Gasteiger charge is -2.23. The molecule has 0 amide bonds. The van der Waals surface area contributed by atoms with E-state index < -0.39 is 12.1 Å². The molecule has 32 heavy (non-hydrogen) atoms. The molecular formula is C26H24N4O2. The maximum absolute atomic E-state index is 11.8. The third-order valence-corrected chi connectivity index (χ3v) is 6.06. The van der Waals surface area contributed by atoms with Crippen LogP contribution in [0.2, 0.25) is 0 Å². The number of aromatic nitrogens is 2. The maximum atomic E-state index is 11.8. The standard InChI is InChI=1S/C13H14N2O.C13H10N2O/c14-13-8-4-1-2-5-9(8)15-10-6-3-7-11(16)12(10)13;14-10-5-6-12-9(13(10)16)7-8-3-1-2-4-11(8)15-12/h1-2,4-5,11,16H,3,6-7H2,(H2,14,15);1-7,10H,14H2. The van der Waals surface area contributed by atoms with E-state index in [1.807, 2.05) is 60.7 Å². The first kappa shape index (κ1) is 20.3. The van der Waals surface area contributed by atoms with Gasteiger partial charge in [0.1, 0.15) is 0 Å². The molecule has 6 heteroatoms. The molecule has 0 saturated carbocycles. The van der Waals surface area contributed by atoms with Gasteiger partial charge in [-0.15, -0.1) is 0 Å². The number of carbonyl (C=O) groups is 1. The number of aryl methyl sites for hydroxylation is 1. The van der Waals surface area contributed by atoms with Gasteiger partial charge in [-0.1, -0.05) is 42.5 Å². The van der Waals surface area contributed by atoms with E-state index in [0.29, 0.717) is 16.9 Å². The highest BCUT2D eigenvalue weighted by Crippen LogP contribution is 2.36. The van der Waals surface area contributed by atoms with E-state index in [0.717, 1.165) is 52.3 Å². The lowest BCUT2D eigenvalue weighted by atomic mass is 9.90.